The molecule has 7 nitrogen and oxygen atoms in total. The molecule has 0 aliphatic carbocycles. The topological polar surface area (TPSA) is 68.0 Å². The van der Waals surface area contributed by atoms with Crippen LogP contribution in [0.4, 0.5) is 0 Å². The van der Waals surface area contributed by atoms with E-state index >= 15 is 0 Å². The number of aromatic nitrogens is 4. The molecule has 0 atom stereocenters. The Bertz CT molecular complexity index is 729. The lowest BCUT2D eigenvalue weighted by Crippen LogP contribution is -2.43. The van der Waals surface area contributed by atoms with Gasteiger partial charge in [0.1, 0.15) is 12.4 Å². The van der Waals surface area contributed by atoms with Crippen molar-refractivity contribution in [3.05, 3.63) is 33.8 Å². The van der Waals surface area contributed by atoms with E-state index in [1.54, 1.807) is 10.7 Å². The van der Waals surface area contributed by atoms with Gasteiger partial charge in [0.05, 0.1) is 15.9 Å². The van der Waals surface area contributed by atoms with Crippen molar-refractivity contribution in [1.29, 1.82) is 0 Å². The fourth-order valence-corrected chi connectivity index (χ4v) is 3.21. The van der Waals surface area contributed by atoms with E-state index in [0.29, 0.717) is 12.4 Å². The second kappa shape index (κ2) is 7.06. The molecule has 1 fully saturated rings. The zero-order chi connectivity index (χ0) is 17.3. The van der Waals surface area contributed by atoms with Crippen LogP contribution in [0.3, 0.4) is 0 Å². The van der Waals surface area contributed by atoms with Crippen molar-refractivity contribution in [3.8, 4) is 0 Å². The number of carbonyl (C=O) groups is 1. The Balaban J connectivity index is 1.62. The number of nitrogens with one attached hydrogen (secondary N) is 1. The van der Waals surface area contributed by atoms with Crippen LogP contribution < -0.4 is 5.32 Å². The summed E-state index contributed by atoms with van der Waals surface area (Å²) in [7, 11) is 2.11. The molecule has 1 aliphatic heterocycles. The predicted molar refractivity (Wildman–Crippen MR) is 95.0 cm³/mol. The second-order valence-corrected chi connectivity index (χ2v) is 7.21. The molecule has 3 heterocycles. The first-order valence-corrected chi connectivity index (χ1v) is 8.95. The fraction of sp³-hybridized carbons (Fsp3) is 0.562. The van der Waals surface area contributed by atoms with Gasteiger partial charge in [0.2, 0.25) is 0 Å². The van der Waals surface area contributed by atoms with Crippen molar-refractivity contribution in [3.63, 3.8) is 0 Å². The first kappa shape index (κ1) is 17.2. The van der Waals surface area contributed by atoms with Crippen molar-refractivity contribution in [2.75, 3.05) is 20.1 Å². The minimum Gasteiger partial charge on any atom is -0.348 e. The lowest BCUT2D eigenvalue weighted by atomic mass is 10.1. The quantitative estimate of drug-likeness (QED) is 0.857. The van der Waals surface area contributed by atoms with Gasteiger partial charge in [0.25, 0.3) is 5.91 Å². The molecule has 0 spiro atoms. The Morgan fingerprint density at radius 3 is 2.67 bits per heavy atom. The highest BCUT2D eigenvalue weighted by atomic mass is 79.9. The van der Waals surface area contributed by atoms with Crippen LogP contribution in [0.2, 0.25) is 0 Å². The molecule has 3 rings (SSSR count). The maximum atomic E-state index is 12.4. The molecule has 0 aromatic carbocycles. The number of halogens is 1. The van der Waals surface area contributed by atoms with Crippen LogP contribution in [0.25, 0.3) is 0 Å². The number of nitrogens with zero attached hydrogens (tertiary/aromatic N) is 5. The third-order valence-electron chi connectivity index (χ3n) is 4.50. The molecule has 8 heteroatoms. The number of carbonyl (C=O) groups excluding carboxylic acids is 1. The first-order chi connectivity index (χ1) is 11.4. The van der Waals surface area contributed by atoms with Crippen LogP contribution in [0.5, 0.6) is 0 Å². The molecule has 0 unspecified atom stereocenters. The highest BCUT2D eigenvalue weighted by molar-refractivity contribution is 9.10. The van der Waals surface area contributed by atoms with Crippen LogP contribution in [-0.2, 0) is 6.67 Å². The summed E-state index contributed by atoms with van der Waals surface area (Å²) in [5.74, 6) is -0.0992. The van der Waals surface area contributed by atoms with Crippen LogP contribution in [-0.4, -0.2) is 56.5 Å². The molecule has 1 N–H and O–H groups in total. The number of rotatable bonds is 4. The molecule has 2 aromatic rings. The third-order valence-corrected chi connectivity index (χ3v) is 5.65. The average molecular weight is 395 g/mol. The molecule has 1 amide bonds. The molecule has 24 heavy (non-hydrogen) atoms. The standard InChI is InChI=1S/C16H23BrN6O/c1-11-15(17)12(2)23(19-11)10-22-9-6-14(20-22)16(24)18-13-4-7-21(3)8-5-13/h6,9,13H,4-5,7-8,10H2,1-3H3,(H,18,24). The van der Waals surface area contributed by atoms with Gasteiger partial charge in [-0.2, -0.15) is 10.2 Å². The number of hydrogen-bond acceptors (Lipinski definition) is 4. The monoisotopic (exact) mass is 394 g/mol. The molecular weight excluding hydrogens is 372 g/mol. The summed E-state index contributed by atoms with van der Waals surface area (Å²) >= 11 is 3.52. The summed E-state index contributed by atoms with van der Waals surface area (Å²) < 4.78 is 4.61. The number of amides is 1. The van der Waals surface area contributed by atoms with Gasteiger partial charge >= 0.3 is 0 Å². The summed E-state index contributed by atoms with van der Waals surface area (Å²) in [5.41, 5.74) is 2.44. The lowest BCUT2D eigenvalue weighted by Gasteiger charge is -2.29. The minimum atomic E-state index is -0.0992. The zero-order valence-electron chi connectivity index (χ0n) is 14.3. The van der Waals surface area contributed by atoms with Crippen LogP contribution in [0, 0.1) is 13.8 Å². The largest absolute Gasteiger partial charge is 0.348 e. The summed E-state index contributed by atoms with van der Waals surface area (Å²) in [6.07, 6.45) is 3.79. The van der Waals surface area contributed by atoms with Crippen molar-refractivity contribution < 1.29 is 4.79 Å². The molecule has 2 aromatic heterocycles. The van der Waals surface area contributed by atoms with E-state index in [0.717, 1.165) is 41.8 Å². The van der Waals surface area contributed by atoms with Gasteiger partial charge < -0.3 is 10.2 Å². The summed E-state index contributed by atoms with van der Waals surface area (Å²) in [4.78, 5) is 14.6. The van der Waals surface area contributed by atoms with E-state index in [1.807, 2.05) is 24.7 Å². The summed E-state index contributed by atoms with van der Waals surface area (Å²) in [5, 5.41) is 11.9. The first-order valence-electron chi connectivity index (χ1n) is 8.16. The van der Waals surface area contributed by atoms with Gasteiger partial charge in [-0.1, -0.05) is 0 Å². The molecule has 0 saturated carbocycles. The Kier molecular flexibility index (Phi) is 5.05. The summed E-state index contributed by atoms with van der Waals surface area (Å²) in [6, 6.07) is 2.00. The van der Waals surface area contributed by atoms with Crippen molar-refractivity contribution in [2.24, 2.45) is 0 Å². The smallest absolute Gasteiger partial charge is 0.271 e. The highest BCUT2D eigenvalue weighted by Gasteiger charge is 2.20. The maximum Gasteiger partial charge on any atom is 0.271 e. The minimum absolute atomic E-state index is 0.0992. The number of aryl methyl sites for hydroxylation is 1. The van der Waals surface area contributed by atoms with Gasteiger partial charge in [-0.3, -0.25) is 9.48 Å². The van der Waals surface area contributed by atoms with Gasteiger partial charge in [0.15, 0.2) is 0 Å². The lowest BCUT2D eigenvalue weighted by molar-refractivity contribution is 0.0910. The van der Waals surface area contributed by atoms with E-state index in [4.69, 9.17) is 0 Å². The highest BCUT2D eigenvalue weighted by Crippen LogP contribution is 2.19. The normalized spacial score (nSPS) is 16.5. The fourth-order valence-electron chi connectivity index (χ4n) is 2.92. The molecule has 0 bridgehead atoms. The van der Waals surface area contributed by atoms with Crippen LogP contribution in [0.1, 0.15) is 34.7 Å². The average Bonchev–Trinajstić information content (AvgIpc) is 3.11. The van der Waals surface area contributed by atoms with Crippen LogP contribution >= 0.6 is 15.9 Å². The van der Waals surface area contributed by atoms with Gasteiger partial charge in [-0.25, -0.2) is 4.68 Å². The molecule has 1 saturated heterocycles. The molecule has 130 valence electrons. The van der Waals surface area contributed by atoms with Crippen molar-refractivity contribution >= 4 is 21.8 Å². The summed E-state index contributed by atoms with van der Waals surface area (Å²) in [6.45, 7) is 6.48. The Morgan fingerprint density at radius 2 is 2.04 bits per heavy atom. The SMILES string of the molecule is Cc1nn(Cn2ccc(C(=O)NC3CCN(C)CC3)n2)c(C)c1Br. The number of likely N-dealkylation sites (tertiary alicyclic amines) is 1. The Morgan fingerprint density at radius 1 is 1.33 bits per heavy atom. The van der Waals surface area contributed by atoms with E-state index < -0.39 is 0 Å². The molecule has 1 aliphatic rings. The van der Waals surface area contributed by atoms with Crippen LogP contribution in [0.15, 0.2) is 16.7 Å². The number of piperidine rings is 1. The van der Waals surface area contributed by atoms with Gasteiger partial charge in [0, 0.05) is 12.2 Å². The molecule has 0 radical (unpaired) electrons. The maximum absolute atomic E-state index is 12.4. The van der Waals surface area contributed by atoms with E-state index in [2.05, 4.69) is 43.4 Å². The van der Waals surface area contributed by atoms with Gasteiger partial charge in [-0.05, 0) is 68.8 Å². The molecular formula is C16H23BrN6O. The van der Waals surface area contributed by atoms with Crippen molar-refractivity contribution in [2.45, 2.75) is 39.4 Å². The van der Waals surface area contributed by atoms with Gasteiger partial charge in [-0.15, -0.1) is 0 Å². The predicted octanol–water partition coefficient (Wildman–Crippen LogP) is 1.79. The zero-order valence-corrected chi connectivity index (χ0v) is 15.9. The Labute approximate surface area is 150 Å². The Hall–Kier alpha value is -1.67. The van der Waals surface area contributed by atoms with E-state index in [9.17, 15) is 4.79 Å². The number of hydrogen-bond donors (Lipinski definition) is 1. The van der Waals surface area contributed by atoms with E-state index in [-0.39, 0.29) is 11.9 Å². The third kappa shape index (κ3) is 3.70. The van der Waals surface area contributed by atoms with Crippen molar-refractivity contribution in [1.82, 2.24) is 29.8 Å². The second-order valence-electron chi connectivity index (χ2n) is 6.42. The van der Waals surface area contributed by atoms with E-state index in [1.165, 1.54) is 0 Å².